The molecule has 0 unspecified atom stereocenters. The Balaban J connectivity index is 1.96. The van der Waals surface area contributed by atoms with Crippen molar-refractivity contribution in [3.63, 3.8) is 0 Å². The molecule has 2 rings (SSSR count). The van der Waals surface area contributed by atoms with Crippen LogP contribution in [0.1, 0.15) is 37.1 Å². The van der Waals surface area contributed by atoms with E-state index in [1.54, 1.807) is 11.3 Å². The van der Waals surface area contributed by atoms with Crippen molar-refractivity contribution in [1.29, 1.82) is 0 Å². The van der Waals surface area contributed by atoms with E-state index in [4.69, 9.17) is 5.11 Å². The summed E-state index contributed by atoms with van der Waals surface area (Å²) in [6, 6.07) is 2.07. The number of thiophene rings is 1. The lowest BCUT2D eigenvalue weighted by molar-refractivity contribution is -0.141. The van der Waals surface area contributed by atoms with Gasteiger partial charge in [-0.15, -0.1) is 11.3 Å². The van der Waals surface area contributed by atoms with Gasteiger partial charge in [0.05, 0.1) is 6.42 Å². The van der Waals surface area contributed by atoms with E-state index < -0.39 is 11.4 Å². The second-order valence-corrected chi connectivity index (χ2v) is 6.85. The zero-order chi connectivity index (χ0) is 14.0. The molecule has 0 atom stereocenters. The molecular formula is C14H19NO3S. The Morgan fingerprint density at radius 2 is 2.16 bits per heavy atom. The predicted octanol–water partition coefficient (Wildman–Crippen LogP) is 2.52. The molecule has 1 aliphatic heterocycles. The minimum Gasteiger partial charge on any atom is -0.481 e. The highest BCUT2D eigenvalue weighted by Gasteiger charge is 2.29. The van der Waals surface area contributed by atoms with Crippen molar-refractivity contribution in [3.05, 3.63) is 21.9 Å². The Labute approximate surface area is 117 Å². The molecule has 4 nitrogen and oxygen atoms in total. The first-order valence-corrected chi connectivity index (χ1v) is 7.30. The van der Waals surface area contributed by atoms with Crippen LogP contribution in [-0.4, -0.2) is 28.4 Å². The number of carboxylic acids is 1. The van der Waals surface area contributed by atoms with E-state index in [2.05, 4.69) is 11.4 Å². The zero-order valence-corrected chi connectivity index (χ0v) is 12.1. The number of fused-ring (bicyclic) bond motifs is 1. The Hall–Kier alpha value is -1.36. The van der Waals surface area contributed by atoms with Crippen molar-refractivity contribution in [1.82, 2.24) is 4.90 Å². The molecule has 2 heterocycles. The van der Waals surface area contributed by atoms with Crippen LogP contribution in [0.25, 0.3) is 0 Å². The second-order valence-electron chi connectivity index (χ2n) is 5.85. The molecule has 0 saturated heterocycles. The molecule has 1 aromatic heterocycles. The van der Waals surface area contributed by atoms with Crippen LogP contribution < -0.4 is 0 Å². The second kappa shape index (κ2) is 5.33. The molecule has 0 fully saturated rings. The Morgan fingerprint density at radius 1 is 1.42 bits per heavy atom. The zero-order valence-electron chi connectivity index (χ0n) is 11.3. The Morgan fingerprint density at radius 3 is 2.84 bits per heavy atom. The molecule has 0 bridgehead atoms. The van der Waals surface area contributed by atoms with Crippen molar-refractivity contribution in [2.24, 2.45) is 5.41 Å². The quantitative estimate of drug-likeness (QED) is 0.922. The van der Waals surface area contributed by atoms with Gasteiger partial charge in [0, 0.05) is 24.4 Å². The molecule has 1 N–H and O–H groups in total. The lowest BCUT2D eigenvalue weighted by Gasteiger charge is -2.30. The van der Waals surface area contributed by atoms with Gasteiger partial charge in [-0.3, -0.25) is 9.59 Å². The van der Waals surface area contributed by atoms with Gasteiger partial charge >= 0.3 is 5.97 Å². The SMILES string of the molecule is CC(C)(CC(=O)O)CC(=O)N1CCc2sccc2C1. The van der Waals surface area contributed by atoms with Crippen LogP contribution in [0.3, 0.4) is 0 Å². The fourth-order valence-corrected chi connectivity index (χ4v) is 3.34. The average molecular weight is 281 g/mol. The van der Waals surface area contributed by atoms with Crippen LogP contribution in [-0.2, 0) is 22.6 Å². The molecule has 0 saturated carbocycles. The summed E-state index contributed by atoms with van der Waals surface area (Å²) in [5.41, 5.74) is 0.748. The monoisotopic (exact) mass is 281 g/mol. The third-order valence-corrected chi connectivity index (χ3v) is 4.44. The normalized spacial score (nSPS) is 15.2. The molecule has 0 aliphatic carbocycles. The van der Waals surface area contributed by atoms with Gasteiger partial charge in [-0.25, -0.2) is 0 Å². The highest BCUT2D eigenvalue weighted by molar-refractivity contribution is 7.10. The first-order valence-electron chi connectivity index (χ1n) is 6.42. The summed E-state index contributed by atoms with van der Waals surface area (Å²) >= 11 is 1.75. The Kier molecular flexibility index (Phi) is 3.94. The molecule has 1 aliphatic rings. The fourth-order valence-electron chi connectivity index (χ4n) is 2.45. The van der Waals surface area contributed by atoms with Gasteiger partial charge in [-0.05, 0) is 28.8 Å². The fraction of sp³-hybridized carbons (Fsp3) is 0.571. The van der Waals surface area contributed by atoms with Gasteiger partial charge < -0.3 is 10.0 Å². The maximum atomic E-state index is 12.3. The van der Waals surface area contributed by atoms with Gasteiger partial charge in [0.15, 0.2) is 0 Å². The number of aliphatic carboxylic acids is 1. The topological polar surface area (TPSA) is 57.6 Å². The van der Waals surface area contributed by atoms with E-state index in [1.807, 2.05) is 18.7 Å². The number of carbonyl (C=O) groups is 2. The number of carbonyl (C=O) groups excluding carboxylic acids is 1. The van der Waals surface area contributed by atoms with E-state index in [0.717, 1.165) is 13.0 Å². The van der Waals surface area contributed by atoms with E-state index in [-0.39, 0.29) is 12.3 Å². The summed E-state index contributed by atoms with van der Waals surface area (Å²) in [7, 11) is 0. The largest absolute Gasteiger partial charge is 0.481 e. The summed E-state index contributed by atoms with van der Waals surface area (Å²) in [5.74, 6) is -0.792. The first kappa shape index (κ1) is 14.1. The number of nitrogens with zero attached hydrogens (tertiary/aromatic N) is 1. The van der Waals surface area contributed by atoms with E-state index >= 15 is 0 Å². The summed E-state index contributed by atoms with van der Waals surface area (Å²) in [4.78, 5) is 26.3. The minimum absolute atomic E-state index is 0.0241. The van der Waals surface area contributed by atoms with Crippen LogP contribution in [0.4, 0.5) is 0 Å². The van der Waals surface area contributed by atoms with Gasteiger partial charge in [-0.2, -0.15) is 0 Å². The molecule has 0 aromatic carbocycles. The van der Waals surface area contributed by atoms with E-state index in [0.29, 0.717) is 13.0 Å². The lowest BCUT2D eigenvalue weighted by Crippen LogP contribution is -2.38. The van der Waals surface area contributed by atoms with E-state index in [1.165, 1.54) is 10.4 Å². The maximum absolute atomic E-state index is 12.3. The highest BCUT2D eigenvalue weighted by atomic mass is 32.1. The van der Waals surface area contributed by atoms with Gasteiger partial charge in [0.25, 0.3) is 0 Å². The third-order valence-electron chi connectivity index (χ3n) is 3.42. The van der Waals surface area contributed by atoms with Crippen LogP contribution in [0.15, 0.2) is 11.4 Å². The number of rotatable bonds is 4. The molecular weight excluding hydrogens is 262 g/mol. The smallest absolute Gasteiger partial charge is 0.303 e. The van der Waals surface area contributed by atoms with Gasteiger partial charge in [-0.1, -0.05) is 13.8 Å². The van der Waals surface area contributed by atoms with E-state index in [9.17, 15) is 9.59 Å². The average Bonchev–Trinajstić information content (AvgIpc) is 2.72. The summed E-state index contributed by atoms with van der Waals surface area (Å²) in [5, 5.41) is 10.9. The minimum atomic E-state index is -0.850. The standard InChI is InChI=1S/C14H19NO3S/c1-14(2,8-13(17)18)7-12(16)15-5-3-11-10(9-15)4-6-19-11/h4,6H,3,5,7-9H2,1-2H3,(H,17,18). The van der Waals surface area contributed by atoms with Gasteiger partial charge in [0.2, 0.25) is 5.91 Å². The van der Waals surface area contributed by atoms with Crippen molar-refractivity contribution >= 4 is 23.2 Å². The van der Waals surface area contributed by atoms with Crippen LogP contribution >= 0.6 is 11.3 Å². The number of amides is 1. The maximum Gasteiger partial charge on any atom is 0.303 e. The predicted molar refractivity (Wildman–Crippen MR) is 74.1 cm³/mol. The molecule has 1 amide bonds. The summed E-state index contributed by atoms with van der Waals surface area (Å²) < 4.78 is 0. The molecule has 0 spiro atoms. The van der Waals surface area contributed by atoms with Crippen molar-refractivity contribution in [2.45, 2.75) is 39.7 Å². The van der Waals surface area contributed by atoms with Crippen molar-refractivity contribution in [2.75, 3.05) is 6.54 Å². The number of hydrogen-bond donors (Lipinski definition) is 1. The highest BCUT2D eigenvalue weighted by Crippen LogP contribution is 2.29. The first-order chi connectivity index (χ1) is 8.87. The summed E-state index contributed by atoms with van der Waals surface area (Å²) in [6.45, 7) is 5.08. The van der Waals surface area contributed by atoms with Gasteiger partial charge in [0.1, 0.15) is 0 Å². The Bertz CT molecular complexity index is 493. The number of hydrogen-bond acceptors (Lipinski definition) is 3. The molecule has 19 heavy (non-hydrogen) atoms. The molecule has 5 heteroatoms. The van der Waals surface area contributed by atoms with Crippen LogP contribution in [0.2, 0.25) is 0 Å². The summed E-state index contributed by atoms with van der Waals surface area (Å²) in [6.07, 6.45) is 1.23. The van der Waals surface area contributed by atoms with Crippen molar-refractivity contribution in [3.8, 4) is 0 Å². The van der Waals surface area contributed by atoms with Crippen LogP contribution in [0, 0.1) is 5.41 Å². The molecule has 0 radical (unpaired) electrons. The third kappa shape index (κ3) is 3.56. The van der Waals surface area contributed by atoms with Crippen LogP contribution in [0.5, 0.6) is 0 Å². The van der Waals surface area contributed by atoms with Crippen molar-refractivity contribution < 1.29 is 14.7 Å². The molecule has 1 aromatic rings. The number of carboxylic acid groups (broad SMARTS) is 1. The molecule has 104 valence electrons. The lowest BCUT2D eigenvalue weighted by atomic mass is 9.85.